The van der Waals surface area contributed by atoms with Gasteiger partial charge in [-0.2, -0.15) is 0 Å². The van der Waals surface area contributed by atoms with Gasteiger partial charge in [-0.25, -0.2) is 12.8 Å². The highest BCUT2D eigenvalue weighted by molar-refractivity contribution is 7.92. The van der Waals surface area contributed by atoms with Crippen molar-refractivity contribution in [3.63, 3.8) is 0 Å². The topological polar surface area (TPSA) is 81.4 Å². The SMILES string of the molecule is COc1ccc(S(=O)(=O)Nc2ccc(C)c(F)c2)cc1N. The number of rotatable bonds is 4. The van der Waals surface area contributed by atoms with E-state index in [1.807, 2.05) is 0 Å². The smallest absolute Gasteiger partial charge is 0.261 e. The van der Waals surface area contributed by atoms with Gasteiger partial charge in [0.25, 0.3) is 10.0 Å². The molecule has 112 valence electrons. The summed E-state index contributed by atoms with van der Waals surface area (Å²) in [4.78, 5) is -0.0261. The molecule has 0 bridgehead atoms. The Labute approximate surface area is 122 Å². The average Bonchev–Trinajstić information content (AvgIpc) is 2.42. The lowest BCUT2D eigenvalue weighted by Gasteiger charge is -2.11. The van der Waals surface area contributed by atoms with Crippen molar-refractivity contribution in [3.05, 3.63) is 47.8 Å². The summed E-state index contributed by atoms with van der Waals surface area (Å²) in [5, 5.41) is 0. The van der Waals surface area contributed by atoms with Crippen molar-refractivity contribution < 1.29 is 17.5 Å². The van der Waals surface area contributed by atoms with Crippen LogP contribution in [0.15, 0.2) is 41.3 Å². The Morgan fingerprint density at radius 1 is 1.19 bits per heavy atom. The van der Waals surface area contributed by atoms with E-state index in [4.69, 9.17) is 10.5 Å². The van der Waals surface area contributed by atoms with Gasteiger partial charge in [-0.05, 0) is 42.8 Å². The lowest BCUT2D eigenvalue weighted by atomic mass is 10.2. The first kappa shape index (κ1) is 15.1. The highest BCUT2D eigenvalue weighted by Gasteiger charge is 2.16. The molecule has 0 aliphatic carbocycles. The van der Waals surface area contributed by atoms with Gasteiger partial charge in [-0.3, -0.25) is 4.72 Å². The Morgan fingerprint density at radius 2 is 1.90 bits per heavy atom. The van der Waals surface area contributed by atoms with Crippen molar-refractivity contribution in [2.24, 2.45) is 0 Å². The quantitative estimate of drug-likeness (QED) is 0.850. The summed E-state index contributed by atoms with van der Waals surface area (Å²) >= 11 is 0. The maximum absolute atomic E-state index is 13.4. The van der Waals surface area contributed by atoms with E-state index in [-0.39, 0.29) is 16.3 Å². The number of nitrogen functional groups attached to an aromatic ring is 1. The highest BCUT2D eigenvalue weighted by atomic mass is 32.2. The molecule has 0 aromatic heterocycles. The van der Waals surface area contributed by atoms with Crippen LogP contribution in [0.3, 0.4) is 0 Å². The molecule has 0 radical (unpaired) electrons. The predicted molar refractivity (Wildman–Crippen MR) is 79.4 cm³/mol. The fraction of sp³-hybridized carbons (Fsp3) is 0.143. The lowest BCUT2D eigenvalue weighted by molar-refractivity contribution is 0.416. The van der Waals surface area contributed by atoms with E-state index >= 15 is 0 Å². The number of benzene rings is 2. The molecule has 2 aromatic carbocycles. The van der Waals surface area contributed by atoms with Crippen LogP contribution in [0.1, 0.15) is 5.56 Å². The van der Waals surface area contributed by atoms with Crippen LogP contribution < -0.4 is 15.2 Å². The Morgan fingerprint density at radius 3 is 2.48 bits per heavy atom. The summed E-state index contributed by atoms with van der Waals surface area (Å²) in [5.74, 6) is -0.0974. The van der Waals surface area contributed by atoms with E-state index in [0.717, 1.165) is 6.07 Å². The third kappa shape index (κ3) is 3.25. The fourth-order valence-electron chi connectivity index (χ4n) is 1.75. The van der Waals surface area contributed by atoms with Crippen molar-refractivity contribution in [1.29, 1.82) is 0 Å². The van der Waals surface area contributed by atoms with E-state index in [1.165, 1.54) is 37.4 Å². The largest absolute Gasteiger partial charge is 0.495 e. The van der Waals surface area contributed by atoms with Gasteiger partial charge in [0.1, 0.15) is 11.6 Å². The van der Waals surface area contributed by atoms with Crippen LogP contribution in [0.4, 0.5) is 15.8 Å². The molecule has 0 aliphatic rings. The summed E-state index contributed by atoms with van der Waals surface area (Å²) < 4.78 is 45.2. The van der Waals surface area contributed by atoms with Crippen LogP contribution in [0, 0.1) is 12.7 Å². The molecule has 0 heterocycles. The molecule has 3 N–H and O–H groups in total. The molecule has 0 unspecified atom stereocenters. The number of nitrogens with one attached hydrogen (secondary N) is 1. The van der Waals surface area contributed by atoms with Gasteiger partial charge in [0.2, 0.25) is 0 Å². The van der Waals surface area contributed by atoms with E-state index < -0.39 is 15.8 Å². The van der Waals surface area contributed by atoms with Crippen molar-refractivity contribution in [3.8, 4) is 5.75 Å². The summed E-state index contributed by atoms with van der Waals surface area (Å²) in [6.07, 6.45) is 0. The van der Waals surface area contributed by atoms with Crippen molar-refractivity contribution in [1.82, 2.24) is 0 Å². The molecular weight excluding hydrogens is 295 g/mol. The summed E-state index contributed by atoms with van der Waals surface area (Å²) in [6, 6.07) is 8.21. The number of ether oxygens (including phenoxy) is 1. The van der Waals surface area contributed by atoms with Gasteiger partial charge < -0.3 is 10.5 Å². The number of hydrogen-bond donors (Lipinski definition) is 2. The normalized spacial score (nSPS) is 11.2. The standard InChI is InChI=1S/C14H15FN2O3S/c1-9-3-4-10(7-12(9)15)17-21(18,19)11-5-6-14(20-2)13(16)8-11/h3-8,17H,16H2,1-2H3. The Bertz CT molecular complexity index is 776. The first-order chi connectivity index (χ1) is 9.83. The summed E-state index contributed by atoms with van der Waals surface area (Å²) in [5.41, 5.74) is 6.48. The molecule has 21 heavy (non-hydrogen) atoms. The average molecular weight is 310 g/mol. The van der Waals surface area contributed by atoms with E-state index in [0.29, 0.717) is 11.3 Å². The minimum Gasteiger partial charge on any atom is -0.495 e. The summed E-state index contributed by atoms with van der Waals surface area (Å²) in [6.45, 7) is 1.60. The van der Waals surface area contributed by atoms with Crippen LogP contribution >= 0.6 is 0 Å². The van der Waals surface area contributed by atoms with Gasteiger partial charge in [-0.15, -0.1) is 0 Å². The van der Waals surface area contributed by atoms with Gasteiger partial charge in [-0.1, -0.05) is 6.07 Å². The van der Waals surface area contributed by atoms with Crippen LogP contribution in [0.25, 0.3) is 0 Å². The molecule has 2 aromatic rings. The monoisotopic (exact) mass is 310 g/mol. The van der Waals surface area contributed by atoms with Gasteiger partial charge in [0.15, 0.2) is 0 Å². The first-order valence-electron chi connectivity index (χ1n) is 6.06. The number of methoxy groups -OCH3 is 1. The third-order valence-corrected chi connectivity index (χ3v) is 4.31. The van der Waals surface area contributed by atoms with E-state index in [2.05, 4.69) is 4.72 Å². The van der Waals surface area contributed by atoms with Gasteiger partial charge in [0.05, 0.1) is 23.4 Å². The molecule has 0 fully saturated rings. The molecule has 2 rings (SSSR count). The molecule has 0 saturated heterocycles. The molecule has 0 saturated carbocycles. The number of halogens is 1. The van der Waals surface area contributed by atoms with Gasteiger partial charge >= 0.3 is 0 Å². The van der Waals surface area contributed by atoms with Crippen LogP contribution in [0.2, 0.25) is 0 Å². The molecule has 0 amide bonds. The number of aryl methyl sites for hydroxylation is 1. The minimum atomic E-state index is -3.84. The Kier molecular flexibility index (Phi) is 4.04. The molecule has 5 nitrogen and oxygen atoms in total. The predicted octanol–water partition coefficient (Wildman–Crippen LogP) is 2.53. The maximum Gasteiger partial charge on any atom is 0.261 e. The number of sulfonamides is 1. The zero-order chi connectivity index (χ0) is 15.6. The molecule has 7 heteroatoms. The maximum atomic E-state index is 13.4. The van der Waals surface area contributed by atoms with Crippen LogP contribution in [-0.4, -0.2) is 15.5 Å². The highest BCUT2D eigenvalue weighted by Crippen LogP contribution is 2.26. The van der Waals surface area contributed by atoms with Gasteiger partial charge in [0, 0.05) is 0 Å². The first-order valence-corrected chi connectivity index (χ1v) is 7.54. The summed E-state index contributed by atoms with van der Waals surface area (Å²) in [7, 11) is -2.40. The third-order valence-electron chi connectivity index (χ3n) is 2.94. The second kappa shape index (κ2) is 5.61. The van der Waals surface area contributed by atoms with Crippen molar-refractivity contribution in [2.75, 3.05) is 17.6 Å². The number of hydrogen-bond acceptors (Lipinski definition) is 4. The lowest BCUT2D eigenvalue weighted by Crippen LogP contribution is -2.13. The minimum absolute atomic E-state index is 0.0261. The molecular formula is C14H15FN2O3S. The van der Waals surface area contributed by atoms with Crippen LogP contribution in [-0.2, 0) is 10.0 Å². The molecule has 0 aliphatic heterocycles. The van der Waals surface area contributed by atoms with Crippen LogP contribution in [0.5, 0.6) is 5.75 Å². The second-order valence-corrected chi connectivity index (χ2v) is 6.16. The number of nitrogens with two attached hydrogens (primary N) is 1. The van der Waals surface area contributed by atoms with Crippen molar-refractivity contribution >= 4 is 21.4 Å². The van der Waals surface area contributed by atoms with E-state index in [9.17, 15) is 12.8 Å². The Balaban J connectivity index is 2.33. The second-order valence-electron chi connectivity index (χ2n) is 4.47. The van der Waals surface area contributed by atoms with Crippen molar-refractivity contribution in [2.45, 2.75) is 11.8 Å². The van der Waals surface area contributed by atoms with E-state index in [1.54, 1.807) is 6.92 Å². The zero-order valence-corrected chi connectivity index (χ0v) is 12.4. The Hall–Kier alpha value is -2.28. The zero-order valence-electron chi connectivity index (χ0n) is 11.6. The molecule has 0 spiro atoms. The molecule has 0 atom stereocenters. The number of anilines is 2. The fourth-order valence-corrected chi connectivity index (χ4v) is 2.83.